The minimum atomic E-state index is -5.25. The quantitative estimate of drug-likeness (QED) is 0.729. The Morgan fingerprint density at radius 1 is 0.864 bits per heavy atom. The van der Waals surface area contributed by atoms with Crippen molar-refractivity contribution in [3.63, 3.8) is 0 Å². The van der Waals surface area contributed by atoms with E-state index in [1.54, 1.807) is 0 Å². The molecule has 0 bridgehead atoms. The maximum Gasteiger partial charge on any atom is 0.416 e. The molecule has 0 aliphatic rings. The van der Waals surface area contributed by atoms with Crippen molar-refractivity contribution in [2.75, 3.05) is 0 Å². The SMILES string of the molecule is Cl.N[C@H](CC(F)(F)F)c1ccc(C(F)(F)F)cc1C(F)(F)F. The van der Waals surface area contributed by atoms with Crippen molar-refractivity contribution < 1.29 is 39.5 Å². The molecule has 1 atom stereocenters. The van der Waals surface area contributed by atoms with Crippen molar-refractivity contribution in [2.45, 2.75) is 31.0 Å². The van der Waals surface area contributed by atoms with Gasteiger partial charge in [0.05, 0.1) is 17.5 Å². The molecule has 0 heterocycles. The summed E-state index contributed by atoms with van der Waals surface area (Å²) in [4.78, 5) is 0. The first-order chi connectivity index (χ1) is 9.22. The lowest BCUT2D eigenvalue weighted by Gasteiger charge is -2.21. The third-order valence-corrected chi connectivity index (χ3v) is 2.54. The van der Waals surface area contributed by atoms with E-state index in [9.17, 15) is 39.5 Å². The van der Waals surface area contributed by atoms with E-state index >= 15 is 0 Å². The molecule has 0 aromatic heterocycles. The van der Waals surface area contributed by atoms with Crippen molar-refractivity contribution in [3.05, 3.63) is 34.9 Å². The zero-order chi connectivity index (χ0) is 16.6. The molecular weight excluding hydrogens is 353 g/mol. The van der Waals surface area contributed by atoms with E-state index in [1.807, 2.05) is 0 Å². The Morgan fingerprint density at radius 2 is 1.36 bits per heavy atom. The van der Waals surface area contributed by atoms with E-state index in [1.165, 1.54) is 0 Å². The van der Waals surface area contributed by atoms with Gasteiger partial charge in [0.1, 0.15) is 0 Å². The smallest absolute Gasteiger partial charge is 0.324 e. The van der Waals surface area contributed by atoms with Crippen molar-refractivity contribution in [1.82, 2.24) is 0 Å². The van der Waals surface area contributed by atoms with E-state index in [-0.39, 0.29) is 24.5 Å². The van der Waals surface area contributed by atoms with Gasteiger partial charge in [-0.2, -0.15) is 39.5 Å². The van der Waals surface area contributed by atoms with Crippen LogP contribution in [0.1, 0.15) is 29.2 Å². The molecule has 0 radical (unpaired) electrons. The standard InChI is InChI=1S/C11H8F9N.ClH/c12-9(13,14)4-8(21)6-2-1-5(10(15,16)17)3-7(6)11(18,19)20;/h1-3,8H,4,21H2;1H/t8-;/m1./s1. The predicted octanol–water partition coefficient (Wildman–Crippen LogP) is 5.10. The number of rotatable bonds is 2. The monoisotopic (exact) mass is 361 g/mol. The van der Waals surface area contributed by atoms with Gasteiger partial charge in [-0.15, -0.1) is 12.4 Å². The highest BCUT2D eigenvalue weighted by Gasteiger charge is 2.40. The molecule has 1 nitrogen and oxygen atoms in total. The average Bonchev–Trinajstić information content (AvgIpc) is 2.23. The molecule has 1 rings (SSSR count). The molecule has 11 heteroatoms. The minimum absolute atomic E-state index is 0. The van der Waals surface area contributed by atoms with Gasteiger partial charge in [0, 0.05) is 6.04 Å². The van der Waals surface area contributed by atoms with Crippen LogP contribution in [-0.4, -0.2) is 6.18 Å². The molecular formula is C11H9ClF9N. The number of halogens is 10. The van der Waals surface area contributed by atoms with E-state index in [0.29, 0.717) is 6.07 Å². The fourth-order valence-electron chi connectivity index (χ4n) is 1.66. The molecule has 0 fully saturated rings. The predicted molar refractivity (Wildman–Crippen MR) is 61.3 cm³/mol. The van der Waals surface area contributed by atoms with Crippen LogP contribution in [-0.2, 0) is 12.4 Å². The summed E-state index contributed by atoms with van der Waals surface area (Å²) < 4.78 is 112. The molecule has 0 spiro atoms. The number of hydrogen-bond acceptors (Lipinski definition) is 1. The van der Waals surface area contributed by atoms with Gasteiger partial charge in [0.2, 0.25) is 0 Å². The summed E-state index contributed by atoms with van der Waals surface area (Å²) in [6, 6.07) is -1.77. The van der Waals surface area contributed by atoms with Crippen LogP contribution in [0.25, 0.3) is 0 Å². The molecule has 0 amide bonds. The van der Waals surface area contributed by atoms with Gasteiger partial charge < -0.3 is 5.73 Å². The second kappa shape index (κ2) is 6.53. The summed E-state index contributed by atoms with van der Waals surface area (Å²) in [5.41, 5.74) is 0.564. The normalized spacial score (nSPS) is 14.5. The molecule has 1 aromatic rings. The van der Waals surface area contributed by atoms with Crippen LogP contribution in [0.2, 0.25) is 0 Å². The summed E-state index contributed by atoms with van der Waals surface area (Å²) in [6.07, 6.45) is -16.9. The highest BCUT2D eigenvalue weighted by Crippen LogP contribution is 2.40. The molecule has 2 N–H and O–H groups in total. The lowest BCUT2D eigenvalue weighted by Crippen LogP contribution is -2.24. The minimum Gasteiger partial charge on any atom is -0.324 e. The van der Waals surface area contributed by atoms with Crippen LogP contribution < -0.4 is 5.73 Å². The van der Waals surface area contributed by atoms with Crippen molar-refractivity contribution in [3.8, 4) is 0 Å². The lowest BCUT2D eigenvalue weighted by atomic mass is 9.95. The fraction of sp³-hybridized carbons (Fsp3) is 0.455. The third-order valence-electron chi connectivity index (χ3n) is 2.54. The van der Waals surface area contributed by atoms with E-state index in [4.69, 9.17) is 5.73 Å². The number of alkyl halides is 9. The number of nitrogens with two attached hydrogens (primary N) is 1. The first-order valence-corrected chi connectivity index (χ1v) is 5.32. The maximum atomic E-state index is 12.7. The van der Waals surface area contributed by atoms with Crippen LogP contribution in [0.5, 0.6) is 0 Å². The topological polar surface area (TPSA) is 26.0 Å². The zero-order valence-corrected chi connectivity index (χ0v) is 11.2. The van der Waals surface area contributed by atoms with Crippen LogP contribution in [0.3, 0.4) is 0 Å². The molecule has 0 saturated heterocycles. The van der Waals surface area contributed by atoms with Crippen LogP contribution in [0.4, 0.5) is 39.5 Å². The van der Waals surface area contributed by atoms with Crippen molar-refractivity contribution >= 4 is 12.4 Å². The van der Waals surface area contributed by atoms with Gasteiger partial charge in [0.25, 0.3) is 0 Å². The van der Waals surface area contributed by atoms with Gasteiger partial charge in [-0.25, -0.2) is 0 Å². The fourth-order valence-corrected chi connectivity index (χ4v) is 1.66. The van der Waals surface area contributed by atoms with Gasteiger partial charge in [0.15, 0.2) is 0 Å². The van der Waals surface area contributed by atoms with E-state index in [0.717, 1.165) is 0 Å². The Hall–Kier alpha value is -1.16. The number of benzene rings is 1. The van der Waals surface area contributed by atoms with Crippen molar-refractivity contribution in [1.29, 1.82) is 0 Å². The number of hydrogen-bond donors (Lipinski definition) is 1. The first-order valence-electron chi connectivity index (χ1n) is 5.32. The third kappa shape index (κ3) is 5.56. The molecule has 0 aliphatic heterocycles. The highest BCUT2D eigenvalue weighted by atomic mass is 35.5. The summed E-state index contributed by atoms with van der Waals surface area (Å²) in [5, 5.41) is 0. The highest BCUT2D eigenvalue weighted by molar-refractivity contribution is 5.85. The van der Waals surface area contributed by atoms with Crippen LogP contribution >= 0.6 is 12.4 Å². The molecule has 0 aliphatic carbocycles. The zero-order valence-electron chi connectivity index (χ0n) is 10.4. The maximum absolute atomic E-state index is 12.7. The summed E-state index contributed by atoms with van der Waals surface area (Å²) in [6.45, 7) is 0. The average molecular weight is 362 g/mol. The van der Waals surface area contributed by atoms with Crippen LogP contribution in [0.15, 0.2) is 18.2 Å². The Kier molecular flexibility index (Phi) is 6.19. The Bertz CT molecular complexity index is 504. The Balaban J connectivity index is 0.00000441. The van der Waals surface area contributed by atoms with Gasteiger partial charge >= 0.3 is 18.5 Å². The summed E-state index contributed by atoms with van der Waals surface area (Å²) in [5.74, 6) is 0. The Labute approximate surface area is 124 Å². The molecule has 0 saturated carbocycles. The molecule has 128 valence electrons. The summed E-state index contributed by atoms with van der Waals surface area (Å²) >= 11 is 0. The van der Waals surface area contributed by atoms with Gasteiger partial charge in [-0.1, -0.05) is 6.07 Å². The molecule has 22 heavy (non-hydrogen) atoms. The second-order valence-electron chi connectivity index (χ2n) is 4.22. The second-order valence-corrected chi connectivity index (χ2v) is 4.22. The van der Waals surface area contributed by atoms with E-state index < -0.39 is 47.7 Å². The van der Waals surface area contributed by atoms with E-state index in [2.05, 4.69) is 0 Å². The lowest BCUT2D eigenvalue weighted by molar-refractivity contribution is -0.147. The van der Waals surface area contributed by atoms with Crippen molar-refractivity contribution in [2.24, 2.45) is 5.73 Å². The molecule has 0 unspecified atom stereocenters. The first kappa shape index (κ1) is 20.8. The summed E-state index contributed by atoms with van der Waals surface area (Å²) in [7, 11) is 0. The Morgan fingerprint density at radius 3 is 1.73 bits per heavy atom. The molecule has 1 aromatic carbocycles. The largest absolute Gasteiger partial charge is 0.416 e. The van der Waals surface area contributed by atoms with Gasteiger partial charge in [-0.05, 0) is 17.7 Å². The van der Waals surface area contributed by atoms with Crippen LogP contribution in [0, 0.1) is 0 Å². The van der Waals surface area contributed by atoms with Gasteiger partial charge in [-0.3, -0.25) is 0 Å².